The van der Waals surface area contributed by atoms with Crippen LogP contribution in [0.4, 0.5) is 5.69 Å². The number of anilines is 1. The van der Waals surface area contributed by atoms with Crippen molar-refractivity contribution in [2.24, 2.45) is 0 Å². The first-order valence-corrected chi connectivity index (χ1v) is 5.65. The van der Waals surface area contributed by atoms with Crippen LogP contribution < -0.4 is 5.73 Å². The van der Waals surface area contributed by atoms with Crippen molar-refractivity contribution in [3.8, 4) is 23.0 Å². The van der Waals surface area contributed by atoms with Crippen LogP contribution in [0, 0.1) is 0 Å². The molecule has 18 heavy (non-hydrogen) atoms. The zero-order chi connectivity index (χ0) is 12.5. The summed E-state index contributed by atoms with van der Waals surface area (Å²) in [6, 6.07) is 8.94. The van der Waals surface area contributed by atoms with E-state index in [0.717, 1.165) is 5.69 Å². The third-order valence-electron chi connectivity index (χ3n) is 2.52. The number of hydrogen-bond donors (Lipinski definition) is 2. The normalized spacial score (nSPS) is 10.7. The molecule has 0 aliphatic rings. The van der Waals surface area contributed by atoms with Crippen LogP contribution in [0.25, 0.3) is 23.0 Å². The monoisotopic (exact) mass is 260 g/mol. The molecule has 0 bridgehead atoms. The van der Waals surface area contributed by atoms with Gasteiger partial charge in [0.05, 0.1) is 16.3 Å². The summed E-state index contributed by atoms with van der Waals surface area (Å²) in [6.07, 6.45) is 1.79. The Kier molecular flexibility index (Phi) is 2.53. The van der Waals surface area contributed by atoms with Gasteiger partial charge in [-0.05, 0) is 24.3 Å². The average Bonchev–Trinajstić information content (AvgIpc) is 2.99. The summed E-state index contributed by atoms with van der Waals surface area (Å²) in [7, 11) is 0. The fraction of sp³-hybridized carbons (Fsp3) is 0. The van der Waals surface area contributed by atoms with Crippen LogP contribution in [-0.2, 0) is 0 Å². The van der Waals surface area contributed by atoms with Gasteiger partial charge in [0.1, 0.15) is 0 Å². The van der Waals surface area contributed by atoms with Crippen molar-refractivity contribution in [3.05, 3.63) is 41.6 Å². The van der Waals surface area contributed by atoms with E-state index in [1.807, 2.05) is 12.1 Å². The number of nitrogen functional groups attached to an aromatic ring is 1. The number of aromatic amines is 1. The van der Waals surface area contributed by atoms with Crippen molar-refractivity contribution in [3.63, 3.8) is 0 Å². The van der Waals surface area contributed by atoms with Crippen LogP contribution in [0.3, 0.4) is 0 Å². The molecular formula is C12H9ClN4O. The third kappa shape index (κ3) is 1.74. The Morgan fingerprint density at radius 3 is 2.83 bits per heavy atom. The van der Waals surface area contributed by atoms with Gasteiger partial charge in [-0.3, -0.25) is 0 Å². The topological polar surface area (TPSA) is 80.7 Å². The van der Waals surface area contributed by atoms with Gasteiger partial charge in [0.2, 0.25) is 5.82 Å². The summed E-state index contributed by atoms with van der Waals surface area (Å²) in [6.45, 7) is 0. The molecule has 2 heterocycles. The van der Waals surface area contributed by atoms with E-state index in [1.165, 1.54) is 0 Å². The van der Waals surface area contributed by atoms with E-state index >= 15 is 0 Å². The number of hydrogen-bond acceptors (Lipinski definition) is 4. The van der Waals surface area contributed by atoms with Crippen molar-refractivity contribution in [1.29, 1.82) is 0 Å². The fourth-order valence-electron chi connectivity index (χ4n) is 1.67. The molecule has 0 radical (unpaired) electrons. The second-order valence-electron chi connectivity index (χ2n) is 3.71. The Morgan fingerprint density at radius 2 is 2.11 bits per heavy atom. The van der Waals surface area contributed by atoms with Crippen LogP contribution in [0.15, 0.2) is 41.1 Å². The van der Waals surface area contributed by atoms with E-state index in [2.05, 4.69) is 15.1 Å². The lowest BCUT2D eigenvalue weighted by Gasteiger charge is -2.01. The van der Waals surface area contributed by atoms with E-state index in [0.29, 0.717) is 28.0 Å². The number of nitrogens with one attached hydrogen (secondary N) is 1. The maximum atomic E-state index is 6.08. The lowest BCUT2D eigenvalue weighted by Crippen LogP contribution is -1.90. The molecule has 6 heteroatoms. The van der Waals surface area contributed by atoms with E-state index in [1.54, 1.807) is 24.4 Å². The van der Waals surface area contributed by atoms with Gasteiger partial charge >= 0.3 is 0 Å². The molecule has 5 nitrogen and oxygen atoms in total. The molecule has 0 atom stereocenters. The van der Waals surface area contributed by atoms with E-state index in [-0.39, 0.29) is 0 Å². The van der Waals surface area contributed by atoms with E-state index in [9.17, 15) is 0 Å². The zero-order valence-corrected chi connectivity index (χ0v) is 9.98. The lowest BCUT2D eigenvalue weighted by atomic mass is 10.2. The minimum atomic E-state index is 0.308. The number of rotatable bonds is 2. The molecule has 0 unspecified atom stereocenters. The number of halogens is 1. The minimum Gasteiger partial charge on any atom is -0.398 e. The predicted molar refractivity (Wildman–Crippen MR) is 68.9 cm³/mol. The molecule has 0 saturated heterocycles. The Bertz CT molecular complexity index is 655. The minimum absolute atomic E-state index is 0.308. The van der Waals surface area contributed by atoms with Gasteiger partial charge in [-0.2, -0.15) is 4.98 Å². The molecule has 0 aliphatic heterocycles. The molecule has 0 amide bonds. The van der Waals surface area contributed by atoms with Crippen LogP contribution in [0.5, 0.6) is 0 Å². The number of nitrogens with two attached hydrogens (primary N) is 1. The van der Waals surface area contributed by atoms with Crippen molar-refractivity contribution >= 4 is 17.3 Å². The van der Waals surface area contributed by atoms with Gasteiger partial charge in [0, 0.05) is 11.9 Å². The van der Waals surface area contributed by atoms with Gasteiger partial charge in [0.25, 0.3) is 5.89 Å². The van der Waals surface area contributed by atoms with E-state index in [4.69, 9.17) is 21.9 Å². The summed E-state index contributed by atoms with van der Waals surface area (Å²) in [4.78, 5) is 7.27. The maximum absolute atomic E-state index is 6.08. The second-order valence-corrected chi connectivity index (χ2v) is 4.12. The standard InChI is InChI=1S/C12H9ClN4O/c13-7-3-1-4-8(14)10(7)12-16-11(17-18-12)9-5-2-6-15-9/h1-6,15H,14H2. The zero-order valence-electron chi connectivity index (χ0n) is 9.22. The van der Waals surface area contributed by atoms with Crippen molar-refractivity contribution in [2.45, 2.75) is 0 Å². The highest BCUT2D eigenvalue weighted by molar-refractivity contribution is 6.33. The van der Waals surface area contributed by atoms with Crippen molar-refractivity contribution in [1.82, 2.24) is 15.1 Å². The predicted octanol–water partition coefficient (Wildman–Crippen LogP) is 2.97. The average molecular weight is 261 g/mol. The fourth-order valence-corrected chi connectivity index (χ4v) is 1.93. The highest BCUT2D eigenvalue weighted by atomic mass is 35.5. The smallest absolute Gasteiger partial charge is 0.261 e. The molecule has 0 saturated carbocycles. The molecule has 0 fully saturated rings. The Morgan fingerprint density at radius 1 is 1.22 bits per heavy atom. The number of nitrogens with zero attached hydrogens (tertiary/aromatic N) is 2. The van der Waals surface area contributed by atoms with Gasteiger partial charge in [-0.25, -0.2) is 0 Å². The van der Waals surface area contributed by atoms with Crippen LogP contribution in [0.2, 0.25) is 5.02 Å². The highest BCUT2D eigenvalue weighted by Gasteiger charge is 2.16. The molecule has 3 aromatic rings. The van der Waals surface area contributed by atoms with Crippen molar-refractivity contribution < 1.29 is 4.52 Å². The first-order valence-electron chi connectivity index (χ1n) is 5.27. The molecule has 0 aliphatic carbocycles. The van der Waals surface area contributed by atoms with Crippen molar-refractivity contribution in [2.75, 3.05) is 5.73 Å². The molecule has 3 N–H and O–H groups in total. The Labute approximate surface area is 108 Å². The SMILES string of the molecule is Nc1cccc(Cl)c1-c1nc(-c2ccc[nH]2)no1. The molecule has 3 rings (SSSR count). The molecule has 90 valence electrons. The number of benzene rings is 1. The van der Waals surface area contributed by atoms with Crippen LogP contribution >= 0.6 is 11.6 Å². The molecule has 1 aromatic carbocycles. The summed E-state index contributed by atoms with van der Waals surface area (Å²) in [5.41, 5.74) is 7.70. The summed E-state index contributed by atoms with van der Waals surface area (Å²) < 4.78 is 5.19. The van der Waals surface area contributed by atoms with Gasteiger partial charge in [-0.1, -0.05) is 22.8 Å². The third-order valence-corrected chi connectivity index (χ3v) is 2.84. The lowest BCUT2D eigenvalue weighted by molar-refractivity contribution is 0.432. The first-order chi connectivity index (χ1) is 8.75. The van der Waals surface area contributed by atoms with Crippen LogP contribution in [0.1, 0.15) is 0 Å². The summed E-state index contributed by atoms with van der Waals surface area (Å²) in [5, 5.41) is 4.37. The number of aromatic nitrogens is 3. The summed E-state index contributed by atoms with van der Waals surface area (Å²) >= 11 is 6.08. The number of H-pyrrole nitrogens is 1. The summed E-state index contributed by atoms with van der Waals surface area (Å²) in [5.74, 6) is 0.775. The quantitative estimate of drug-likeness (QED) is 0.694. The molecule has 0 spiro atoms. The van der Waals surface area contributed by atoms with Gasteiger partial charge in [-0.15, -0.1) is 0 Å². The maximum Gasteiger partial charge on any atom is 0.261 e. The Balaban J connectivity index is 2.09. The molecule has 2 aromatic heterocycles. The van der Waals surface area contributed by atoms with Gasteiger partial charge < -0.3 is 15.2 Å². The molecular weight excluding hydrogens is 252 g/mol. The first kappa shape index (κ1) is 10.9. The largest absolute Gasteiger partial charge is 0.398 e. The van der Waals surface area contributed by atoms with E-state index < -0.39 is 0 Å². The van der Waals surface area contributed by atoms with Gasteiger partial charge in [0.15, 0.2) is 0 Å². The highest BCUT2D eigenvalue weighted by Crippen LogP contribution is 2.32. The van der Waals surface area contributed by atoms with Crippen LogP contribution in [-0.4, -0.2) is 15.1 Å². The Hall–Kier alpha value is -2.27. The second kappa shape index (κ2) is 4.19.